The van der Waals surface area contributed by atoms with Crippen LogP contribution in [0.15, 0.2) is 24.3 Å². The Morgan fingerprint density at radius 3 is 2.74 bits per heavy atom. The smallest absolute Gasteiger partial charge is 0.293 e. The van der Waals surface area contributed by atoms with Gasteiger partial charge in [0.1, 0.15) is 0 Å². The Morgan fingerprint density at radius 2 is 2.00 bits per heavy atom. The highest BCUT2D eigenvalue weighted by Crippen LogP contribution is 2.47. The number of halogens is 1. The molecular weight excluding hydrogens is 316 g/mol. The summed E-state index contributed by atoms with van der Waals surface area (Å²) >= 11 is 5.90. The Bertz CT molecular complexity index is 605. The summed E-state index contributed by atoms with van der Waals surface area (Å²) in [6, 6.07) is 7.74. The number of piperidine rings is 1. The minimum absolute atomic E-state index is 0.128. The second-order valence-electron chi connectivity index (χ2n) is 6.39. The Morgan fingerprint density at radius 1 is 1.22 bits per heavy atom. The molecule has 0 unspecified atom stereocenters. The van der Waals surface area contributed by atoms with E-state index in [0.29, 0.717) is 19.2 Å². The average molecular weight is 337 g/mol. The molecule has 0 aromatic heterocycles. The van der Waals surface area contributed by atoms with Crippen molar-refractivity contribution in [3.63, 3.8) is 0 Å². The van der Waals surface area contributed by atoms with Gasteiger partial charge in [0, 0.05) is 5.56 Å². The molecule has 3 aliphatic heterocycles. The molecule has 2 saturated heterocycles. The van der Waals surface area contributed by atoms with Crippen LogP contribution in [0, 0.1) is 0 Å². The van der Waals surface area contributed by atoms with E-state index < -0.39 is 5.79 Å². The Hall–Kier alpha value is -1.14. The van der Waals surface area contributed by atoms with Crippen molar-refractivity contribution in [2.75, 3.05) is 37.1 Å². The van der Waals surface area contributed by atoms with Gasteiger partial charge < -0.3 is 9.47 Å². The van der Waals surface area contributed by atoms with E-state index in [1.165, 1.54) is 19.3 Å². The van der Waals surface area contributed by atoms with Crippen LogP contribution in [-0.4, -0.2) is 49.2 Å². The maximum absolute atomic E-state index is 13.1. The van der Waals surface area contributed by atoms with Crippen LogP contribution in [0.1, 0.15) is 24.8 Å². The van der Waals surface area contributed by atoms with E-state index in [-0.39, 0.29) is 12.0 Å². The molecule has 3 heterocycles. The van der Waals surface area contributed by atoms with Gasteiger partial charge in [-0.05, 0) is 32.0 Å². The lowest BCUT2D eigenvalue weighted by molar-refractivity contribution is -0.185. The number of carbonyl (C=O) groups excluding carboxylic acids is 1. The lowest BCUT2D eigenvalue weighted by atomic mass is 10.1. The zero-order valence-electron chi connectivity index (χ0n) is 13.0. The third-order valence-corrected chi connectivity index (χ3v) is 5.19. The molecule has 3 aliphatic rings. The third-order valence-electron chi connectivity index (χ3n) is 4.84. The van der Waals surface area contributed by atoms with Crippen LogP contribution >= 0.6 is 11.6 Å². The molecule has 1 spiro atoms. The van der Waals surface area contributed by atoms with Crippen molar-refractivity contribution in [1.82, 2.24) is 4.90 Å². The molecule has 1 aromatic carbocycles. The highest BCUT2D eigenvalue weighted by atomic mass is 35.5. The molecular formula is C17H21ClN2O3. The quantitative estimate of drug-likeness (QED) is 0.794. The van der Waals surface area contributed by atoms with Gasteiger partial charge in [-0.3, -0.25) is 14.6 Å². The first-order valence-corrected chi connectivity index (χ1v) is 8.79. The summed E-state index contributed by atoms with van der Waals surface area (Å²) < 4.78 is 11.8. The van der Waals surface area contributed by atoms with Crippen LogP contribution in [-0.2, 0) is 20.1 Å². The number of likely N-dealkylation sites (tertiary alicyclic amines) is 1. The molecule has 6 heteroatoms. The Balaban J connectivity index is 1.65. The second-order valence-corrected chi connectivity index (χ2v) is 6.70. The van der Waals surface area contributed by atoms with Gasteiger partial charge in [0.15, 0.2) is 0 Å². The summed E-state index contributed by atoms with van der Waals surface area (Å²) in [5.74, 6) is -1.10. The molecule has 1 amide bonds. The highest BCUT2D eigenvalue weighted by Gasteiger charge is 2.58. The van der Waals surface area contributed by atoms with Gasteiger partial charge in [-0.25, -0.2) is 0 Å². The first-order chi connectivity index (χ1) is 11.2. The molecule has 0 saturated carbocycles. The largest absolute Gasteiger partial charge is 0.336 e. The molecule has 0 radical (unpaired) electrons. The minimum Gasteiger partial charge on any atom is -0.336 e. The summed E-state index contributed by atoms with van der Waals surface area (Å²) in [5.41, 5.74) is 1.69. The minimum atomic E-state index is -1.30. The number of carbonyl (C=O) groups is 1. The molecule has 2 fully saturated rings. The standard InChI is InChI=1S/C17H21ClN2O3/c18-10-13-11-22-17(23-13)14-6-2-3-7-15(14)20(16(17)21)12-19-8-4-1-5-9-19/h2-3,6-7,13H,1,4-5,8-12H2/t13-,17+/m0/s1. The van der Waals surface area contributed by atoms with Crippen molar-refractivity contribution in [3.05, 3.63) is 29.8 Å². The van der Waals surface area contributed by atoms with E-state index in [1.54, 1.807) is 4.90 Å². The van der Waals surface area contributed by atoms with Gasteiger partial charge in [0.05, 0.1) is 30.9 Å². The number of hydrogen-bond donors (Lipinski definition) is 0. The number of nitrogens with zero attached hydrogens (tertiary/aromatic N) is 2. The van der Waals surface area contributed by atoms with Gasteiger partial charge in [0.25, 0.3) is 11.7 Å². The molecule has 0 bridgehead atoms. The van der Waals surface area contributed by atoms with Crippen LogP contribution in [0.25, 0.3) is 0 Å². The zero-order valence-corrected chi connectivity index (χ0v) is 13.8. The monoisotopic (exact) mass is 336 g/mol. The topological polar surface area (TPSA) is 42.0 Å². The van der Waals surface area contributed by atoms with Crippen LogP contribution in [0.4, 0.5) is 5.69 Å². The molecule has 4 rings (SSSR count). The van der Waals surface area contributed by atoms with Crippen molar-refractivity contribution < 1.29 is 14.3 Å². The predicted octanol–water partition coefficient (Wildman–Crippen LogP) is 2.28. The van der Waals surface area contributed by atoms with E-state index in [2.05, 4.69) is 4.90 Å². The first kappa shape index (κ1) is 15.4. The molecule has 124 valence electrons. The summed E-state index contributed by atoms with van der Waals surface area (Å²) in [5, 5.41) is 0. The molecule has 1 aromatic rings. The predicted molar refractivity (Wildman–Crippen MR) is 87.4 cm³/mol. The fourth-order valence-corrected chi connectivity index (χ4v) is 3.83. The van der Waals surface area contributed by atoms with Crippen molar-refractivity contribution in [2.24, 2.45) is 0 Å². The van der Waals surface area contributed by atoms with E-state index in [4.69, 9.17) is 21.1 Å². The van der Waals surface area contributed by atoms with Crippen LogP contribution in [0.2, 0.25) is 0 Å². The number of amides is 1. The maximum Gasteiger partial charge on any atom is 0.293 e. The van der Waals surface area contributed by atoms with Crippen LogP contribution in [0.3, 0.4) is 0 Å². The van der Waals surface area contributed by atoms with E-state index >= 15 is 0 Å². The Kier molecular flexibility index (Phi) is 4.05. The molecule has 0 N–H and O–H groups in total. The average Bonchev–Trinajstić information content (AvgIpc) is 3.13. The number of alkyl halides is 1. The second kappa shape index (κ2) is 6.06. The normalized spacial score (nSPS) is 31.1. The van der Waals surface area contributed by atoms with E-state index in [0.717, 1.165) is 24.3 Å². The van der Waals surface area contributed by atoms with Gasteiger partial charge in [-0.1, -0.05) is 24.6 Å². The summed E-state index contributed by atoms with van der Waals surface area (Å²) in [4.78, 5) is 17.3. The van der Waals surface area contributed by atoms with E-state index in [1.807, 2.05) is 24.3 Å². The lowest BCUT2D eigenvalue weighted by Gasteiger charge is -2.31. The number of rotatable bonds is 3. The van der Waals surface area contributed by atoms with Crippen molar-refractivity contribution in [3.8, 4) is 0 Å². The van der Waals surface area contributed by atoms with Gasteiger partial charge in [-0.2, -0.15) is 0 Å². The van der Waals surface area contributed by atoms with Crippen LogP contribution < -0.4 is 4.90 Å². The first-order valence-electron chi connectivity index (χ1n) is 8.26. The maximum atomic E-state index is 13.1. The van der Waals surface area contributed by atoms with Crippen molar-refractivity contribution >= 4 is 23.2 Å². The Labute approximate surface area is 141 Å². The number of benzene rings is 1. The molecule has 5 nitrogen and oxygen atoms in total. The zero-order chi connectivity index (χ0) is 15.9. The van der Waals surface area contributed by atoms with Crippen molar-refractivity contribution in [2.45, 2.75) is 31.2 Å². The molecule has 23 heavy (non-hydrogen) atoms. The van der Waals surface area contributed by atoms with Gasteiger partial charge in [-0.15, -0.1) is 11.6 Å². The molecule has 2 atom stereocenters. The molecule has 0 aliphatic carbocycles. The number of para-hydroxylation sites is 1. The highest BCUT2D eigenvalue weighted by molar-refractivity contribution is 6.18. The lowest BCUT2D eigenvalue weighted by Crippen LogP contribution is -2.47. The number of ether oxygens (including phenoxy) is 2. The van der Waals surface area contributed by atoms with E-state index in [9.17, 15) is 4.79 Å². The fourth-order valence-electron chi connectivity index (χ4n) is 3.67. The number of hydrogen-bond acceptors (Lipinski definition) is 4. The van der Waals surface area contributed by atoms with Gasteiger partial charge in [0.2, 0.25) is 0 Å². The SMILES string of the molecule is O=C1N(CN2CCCCC2)c2ccccc2[C@]12OC[C@H](CCl)O2. The fraction of sp³-hybridized carbons (Fsp3) is 0.588. The number of fused-ring (bicyclic) bond motifs is 2. The number of anilines is 1. The summed E-state index contributed by atoms with van der Waals surface area (Å²) in [7, 11) is 0. The summed E-state index contributed by atoms with van der Waals surface area (Å²) in [6.07, 6.45) is 3.41. The van der Waals surface area contributed by atoms with Crippen LogP contribution in [0.5, 0.6) is 0 Å². The van der Waals surface area contributed by atoms with Gasteiger partial charge >= 0.3 is 0 Å². The van der Waals surface area contributed by atoms with Crippen molar-refractivity contribution in [1.29, 1.82) is 0 Å². The third kappa shape index (κ3) is 2.47. The summed E-state index contributed by atoms with van der Waals surface area (Å²) in [6.45, 7) is 3.01.